The summed E-state index contributed by atoms with van der Waals surface area (Å²) in [5.41, 5.74) is 0.0901. The highest BCUT2D eigenvalue weighted by Crippen LogP contribution is 2.40. The van der Waals surface area contributed by atoms with Crippen LogP contribution in [0.1, 0.15) is 38.5 Å². The number of ether oxygens (including phenoxy) is 1. The molecule has 2 fully saturated rings. The van der Waals surface area contributed by atoms with E-state index in [1.165, 1.54) is 12.8 Å². The smallest absolute Gasteiger partial charge is 0.262 e. The highest BCUT2D eigenvalue weighted by molar-refractivity contribution is 5.82. The van der Waals surface area contributed by atoms with Gasteiger partial charge in [-0.1, -0.05) is 12.8 Å². The molecule has 0 aromatic rings. The van der Waals surface area contributed by atoms with Crippen molar-refractivity contribution < 1.29 is 18.3 Å². The summed E-state index contributed by atoms with van der Waals surface area (Å²) in [6.07, 6.45) is 5.00. The van der Waals surface area contributed by atoms with Crippen LogP contribution in [0.4, 0.5) is 8.78 Å². The van der Waals surface area contributed by atoms with Gasteiger partial charge in [-0.3, -0.25) is 10.1 Å². The van der Waals surface area contributed by atoms with Crippen LogP contribution in [0.15, 0.2) is 0 Å². The number of methoxy groups -OCH3 is 1. The normalized spacial score (nSPS) is 27.6. The van der Waals surface area contributed by atoms with Crippen molar-refractivity contribution in [3.63, 3.8) is 0 Å². The Morgan fingerprint density at radius 2 is 2.10 bits per heavy atom. The van der Waals surface area contributed by atoms with Gasteiger partial charge in [-0.25, -0.2) is 8.78 Å². The van der Waals surface area contributed by atoms with Crippen LogP contribution in [0.5, 0.6) is 0 Å². The fourth-order valence-corrected chi connectivity index (χ4v) is 3.26. The minimum atomic E-state index is -2.76. The first kappa shape index (κ1) is 15.6. The second-order valence-corrected chi connectivity index (χ2v) is 6.16. The van der Waals surface area contributed by atoms with E-state index < -0.39 is 24.9 Å². The van der Waals surface area contributed by atoms with Crippen molar-refractivity contribution in [2.45, 2.75) is 50.5 Å². The van der Waals surface area contributed by atoms with E-state index in [1.54, 1.807) is 7.11 Å². The van der Waals surface area contributed by atoms with Crippen molar-refractivity contribution in [1.29, 1.82) is 0 Å². The molecular formula is C14H24F2N2O2. The van der Waals surface area contributed by atoms with E-state index in [4.69, 9.17) is 4.74 Å². The average molecular weight is 290 g/mol. The first-order chi connectivity index (χ1) is 9.46. The second-order valence-electron chi connectivity index (χ2n) is 6.16. The van der Waals surface area contributed by atoms with Gasteiger partial charge in [0, 0.05) is 26.7 Å². The molecule has 1 saturated carbocycles. The van der Waals surface area contributed by atoms with Crippen molar-refractivity contribution in [1.82, 2.24) is 10.6 Å². The molecule has 0 aromatic carbocycles. The summed E-state index contributed by atoms with van der Waals surface area (Å²) < 4.78 is 31.3. The van der Waals surface area contributed by atoms with Gasteiger partial charge < -0.3 is 10.1 Å². The van der Waals surface area contributed by atoms with E-state index in [1.807, 2.05) is 0 Å². The quantitative estimate of drug-likeness (QED) is 0.783. The number of alkyl halides is 2. The van der Waals surface area contributed by atoms with Crippen LogP contribution >= 0.6 is 0 Å². The lowest BCUT2D eigenvalue weighted by Gasteiger charge is -2.29. The van der Waals surface area contributed by atoms with E-state index in [-0.39, 0.29) is 11.3 Å². The summed E-state index contributed by atoms with van der Waals surface area (Å²) in [4.78, 5) is 12.0. The van der Waals surface area contributed by atoms with Gasteiger partial charge in [0.05, 0.1) is 12.6 Å². The van der Waals surface area contributed by atoms with Crippen LogP contribution in [0, 0.1) is 5.41 Å². The number of halogens is 2. The Bertz CT molecular complexity index is 344. The molecule has 4 nitrogen and oxygen atoms in total. The Morgan fingerprint density at radius 1 is 1.40 bits per heavy atom. The number of carbonyl (C=O) groups excluding carboxylic acids is 1. The number of amides is 1. The zero-order valence-corrected chi connectivity index (χ0v) is 12.0. The van der Waals surface area contributed by atoms with Crippen LogP contribution in [-0.4, -0.2) is 44.7 Å². The zero-order valence-electron chi connectivity index (χ0n) is 12.0. The number of hydrogen-bond donors (Lipinski definition) is 2. The van der Waals surface area contributed by atoms with Crippen molar-refractivity contribution in [3.05, 3.63) is 0 Å². The topological polar surface area (TPSA) is 50.4 Å². The summed E-state index contributed by atoms with van der Waals surface area (Å²) in [7, 11) is 1.67. The average Bonchev–Trinajstić information content (AvgIpc) is 3.01. The van der Waals surface area contributed by atoms with E-state index in [0.717, 1.165) is 19.3 Å². The highest BCUT2D eigenvalue weighted by Gasteiger charge is 2.43. The molecule has 1 heterocycles. The van der Waals surface area contributed by atoms with Gasteiger partial charge in [-0.05, 0) is 24.7 Å². The Labute approximate surface area is 118 Å². The van der Waals surface area contributed by atoms with Crippen LogP contribution in [0.3, 0.4) is 0 Å². The number of hydrogen-bond acceptors (Lipinski definition) is 3. The first-order valence-electron chi connectivity index (χ1n) is 7.34. The Kier molecular flexibility index (Phi) is 4.96. The maximum absolute atomic E-state index is 13.1. The molecule has 1 aliphatic carbocycles. The fourth-order valence-electron chi connectivity index (χ4n) is 3.26. The van der Waals surface area contributed by atoms with Crippen molar-refractivity contribution in [3.8, 4) is 0 Å². The van der Waals surface area contributed by atoms with Gasteiger partial charge in [0.1, 0.15) is 0 Å². The lowest BCUT2D eigenvalue weighted by Crippen LogP contribution is -2.44. The van der Waals surface area contributed by atoms with Crippen molar-refractivity contribution in [2.24, 2.45) is 5.41 Å². The van der Waals surface area contributed by atoms with Crippen LogP contribution < -0.4 is 10.6 Å². The molecule has 0 spiro atoms. The predicted molar refractivity (Wildman–Crippen MR) is 71.8 cm³/mol. The lowest BCUT2D eigenvalue weighted by atomic mass is 9.83. The third-order valence-electron chi connectivity index (χ3n) is 4.56. The maximum atomic E-state index is 13.1. The van der Waals surface area contributed by atoms with Crippen LogP contribution in [0.25, 0.3) is 0 Å². The van der Waals surface area contributed by atoms with Gasteiger partial charge in [-0.15, -0.1) is 0 Å². The fraction of sp³-hybridized carbons (Fsp3) is 0.929. The Balaban J connectivity index is 1.82. The third-order valence-corrected chi connectivity index (χ3v) is 4.56. The van der Waals surface area contributed by atoms with Crippen LogP contribution in [0.2, 0.25) is 0 Å². The Hall–Kier alpha value is -0.750. The van der Waals surface area contributed by atoms with Crippen molar-refractivity contribution in [2.75, 3.05) is 26.8 Å². The molecule has 1 unspecified atom stereocenters. The monoisotopic (exact) mass is 290 g/mol. The number of rotatable bonds is 6. The summed E-state index contributed by atoms with van der Waals surface area (Å²) >= 11 is 0. The molecule has 6 heteroatoms. The molecule has 1 saturated heterocycles. The van der Waals surface area contributed by atoms with Gasteiger partial charge in [-0.2, -0.15) is 0 Å². The predicted octanol–water partition coefficient (Wildman–Crippen LogP) is 1.70. The molecule has 2 N–H and O–H groups in total. The van der Waals surface area contributed by atoms with Crippen molar-refractivity contribution >= 4 is 5.91 Å². The standard InChI is InChI=1S/C14H24F2N2O2/c1-20-7-6-13(4-2-3-5-13)9-18-12(19)11-8-14(15,16)10-17-11/h11,17H,2-10H2,1H3,(H,18,19). The molecule has 116 valence electrons. The minimum absolute atomic E-state index is 0.0901. The molecule has 20 heavy (non-hydrogen) atoms. The maximum Gasteiger partial charge on any atom is 0.262 e. The molecule has 2 rings (SSSR count). The van der Waals surface area contributed by atoms with Gasteiger partial charge in [0.2, 0.25) is 5.91 Å². The minimum Gasteiger partial charge on any atom is -0.385 e. The summed E-state index contributed by atoms with van der Waals surface area (Å²) in [6.45, 7) is 0.842. The molecule has 0 radical (unpaired) electrons. The largest absolute Gasteiger partial charge is 0.385 e. The molecule has 1 aliphatic heterocycles. The summed E-state index contributed by atoms with van der Waals surface area (Å²) in [6, 6.07) is -0.758. The van der Waals surface area contributed by atoms with Gasteiger partial charge in [0.15, 0.2) is 0 Å². The van der Waals surface area contributed by atoms with E-state index >= 15 is 0 Å². The summed E-state index contributed by atoms with van der Waals surface area (Å²) in [5, 5.41) is 5.45. The molecule has 0 aromatic heterocycles. The van der Waals surface area contributed by atoms with Gasteiger partial charge >= 0.3 is 0 Å². The second kappa shape index (κ2) is 6.35. The SMILES string of the molecule is COCCC1(CNC(=O)C2CC(F)(F)CN2)CCCC1. The first-order valence-corrected chi connectivity index (χ1v) is 7.34. The van der Waals surface area contributed by atoms with E-state index in [2.05, 4.69) is 10.6 Å². The van der Waals surface area contributed by atoms with Crippen LogP contribution in [-0.2, 0) is 9.53 Å². The third kappa shape index (κ3) is 3.88. The number of carbonyl (C=O) groups is 1. The Morgan fingerprint density at radius 3 is 2.65 bits per heavy atom. The molecule has 1 atom stereocenters. The molecule has 0 bridgehead atoms. The molecule has 2 aliphatic rings. The van der Waals surface area contributed by atoms with E-state index in [9.17, 15) is 13.6 Å². The summed E-state index contributed by atoms with van der Waals surface area (Å²) in [5.74, 6) is -3.06. The van der Waals surface area contributed by atoms with Gasteiger partial charge in [0.25, 0.3) is 5.92 Å². The molecule has 1 amide bonds. The number of nitrogens with one attached hydrogen (secondary N) is 2. The zero-order chi connectivity index (χ0) is 14.6. The molecular weight excluding hydrogens is 266 g/mol. The van der Waals surface area contributed by atoms with E-state index in [0.29, 0.717) is 13.2 Å². The highest BCUT2D eigenvalue weighted by atomic mass is 19.3. The lowest BCUT2D eigenvalue weighted by molar-refractivity contribution is -0.124.